The first-order valence-corrected chi connectivity index (χ1v) is 6.85. The van der Waals surface area contributed by atoms with Crippen LogP contribution < -0.4 is 4.74 Å². The number of benzene rings is 1. The molecule has 1 heterocycles. The normalized spacial score (nSPS) is 10.9. The molecule has 1 aromatic heterocycles. The molecular formula is C16H17F2N3O. The van der Waals surface area contributed by atoms with E-state index in [9.17, 15) is 8.78 Å². The zero-order valence-electron chi connectivity index (χ0n) is 12.5. The summed E-state index contributed by atoms with van der Waals surface area (Å²) in [5.74, 6) is -0.396. The lowest BCUT2D eigenvalue weighted by molar-refractivity contribution is 0.305. The van der Waals surface area contributed by atoms with Crippen molar-refractivity contribution in [3.63, 3.8) is 0 Å². The minimum Gasteiger partial charge on any atom is -0.485 e. The summed E-state index contributed by atoms with van der Waals surface area (Å²) in [4.78, 5) is 10.3. The molecule has 0 saturated carbocycles. The van der Waals surface area contributed by atoms with E-state index in [1.807, 2.05) is 18.9 Å². The summed E-state index contributed by atoms with van der Waals surface area (Å²) < 4.78 is 31.9. The first-order valence-electron chi connectivity index (χ1n) is 6.85. The first-order chi connectivity index (χ1) is 10.6. The summed E-state index contributed by atoms with van der Waals surface area (Å²) >= 11 is 0. The van der Waals surface area contributed by atoms with E-state index in [-0.39, 0.29) is 6.61 Å². The highest BCUT2D eigenvalue weighted by atomic mass is 19.1. The Morgan fingerprint density at radius 3 is 2.68 bits per heavy atom. The molecule has 0 aliphatic heterocycles. The maximum Gasteiger partial charge on any atom is 0.196 e. The van der Waals surface area contributed by atoms with Crippen LogP contribution in [0.3, 0.4) is 0 Å². The quantitative estimate of drug-likeness (QED) is 0.605. The predicted molar refractivity (Wildman–Crippen MR) is 81.4 cm³/mol. The van der Waals surface area contributed by atoms with Crippen LogP contribution >= 0.6 is 0 Å². The molecule has 2 rings (SSSR count). The van der Waals surface area contributed by atoms with Crippen LogP contribution in [-0.4, -0.2) is 29.8 Å². The van der Waals surface area contributed by atoms with Crippen molar-refractivity contribution in [2.75, 3.05) is 13.6 Å². The highest BCUT2D eigenvalue weighted by molar-refractivity contribution is 5.62. The van der Waals surface area contributed by atoms with Gasteiger partial charge in [-0.3, -0.25) is 0 Å². The third-order valence-electron chi connectivity index (χ3n) is 2.94. The van der Waals surface area contributed by atoms with Crippen molar-refractivity contribution in [1.29, 1.82) is 0 Å². The van der Waals surface area contributed by atoms with E-state index in [4.69, 9.17) is 4.74 Å². The van der Waals surface area contributed by atoms with Crippen molar-refractivity contribution in [2.24, 2.45) is 4.99 Å². The molecule has 116 valence electrons. The molecular weight excluding hydrogens is 288 g/mol. The molecule has 0 radical (unpaired) electrons. The number of ether oxygens (including phenoxy) is 1. The van der Waals surface area contributed by atoms with Gasteiger partial charge in [-0.25, -0.2) is 18.8 Å². The van der Waals surface area contributed by atoms with Crippen molar-refractivity contribution >= 4 is 12.2 Å². The van der Waals surface area contributed by atoms with Crippen LogP contribution in [0.2, 0.25) is 0 Å². The zero-order chi connectivity index (χ0) is 15.9. The number of pyridine rings is 1. The summed E-state index contributed by atoms with van der Waals surface area (Å²) in [5, 5.41) is 0. The number of aromatic nitrogens is 1. The van der Waals surface area contributed by atoms with Crippen LogP contribution in [0.1, 0.15) is 12.5 Å². The van der Waals surface area contributed by atoms with Crippen molar-refractivity contribution in [2.45, 2.75) is 13.5 Å². The molecule has 22 heavy (non-hydrogen) atoms. The molecule has 2 aromatic rings. The Balaban J connectivity index is 2.11. The minimum atomic E-state index is -0.632. The number of hydrogen-bond acceptors (Lipinski definition) is 3. The first kappa shape index (κ1) is 15.9. The number of aliphatic imine (C=N–C) groups is 1. The van der Waals surface area contributed by atoms with Gasteiger partial charge in [0.15, 0.2) is 11.6 Å². The molecule has 0 unspecified atom stereocenters. The Morgan fingerprint density at radius 2 is 2.00 bits per heavy atom. The van der Waals surface area contributed by atoms with Crippen molar-refractivity contribution in [3.8, 4) is 5.75 Å². The second kappa shape index (κ2) is 7.49. The van der Waals surface area contributed by atoms with E-state index in [0.717, 1.165) is 12.6 Å². The van der Waals surface area contributed by atoms with Crippen molar-refractivity contribution in [1.82, 2.24) is 9.88 Å². The number of nitrogens with zero attached hydrogens (tertiary/aromatic N) is 3. The van der Waals surface area contributed by atoms with E-state index < -0.39 is 11.6 Å². The maximum atomic E-state index is 13.1. The van der Waals surface area contributed by atoms with Gasteiger partial charge in [0.1, 0.15) is 18.2 Å². The molecule has 0 amide bonds. The zero-order valence-corrected chi connectivity index (χ0v) is 12.5. The molecule has 0 N–H and O–H groups in total. The fourth-order valence-corrected chi connectivity index (χ4v) is 1.68. The second-order valence-electron chi connectivity index (χ2n) is 4.71. The van der Waals surface area contributed by atoms with Crippen LogP contribution in [-0.2, 0) is 6.61 Å². The molecule has 0 fully saturated rings. The maximum absolute atomic E-state index is 13.1. The lowest BCUT2D eigenvalue weighted by Crippen LogP contribution is -2.14. The van der Waals surface area contributed by atoms with Crippen molar-refractivity contribution < 1.29 is 13.5 Å². The molecule has 0 spiro atoms. The van der Waals surface area contributed by atoms with Crippen molar-refractivity contribution in [3.05, 3.63) is 53.7 Å². The molecule has 0 aliphatic carbocycles. The molecule has 1 aromatic carbocycles. The lowest BCUT2D eigenvalue weighted by atomic mass is 10.2. The van der Waals surface area contributed by atoms with Crippen LogP contribution in [0.25, 0.3) is 0 Å². The SMILES string of the molecule is CCN(C)C=Nc1ncccc1OCc1cc(F)cc(F)c1. The third-order valence-corrected chi connectivity index (χ3v) is 2.94. The number of hydrogen-bond donors (Lipinski definition) is 0. The molecule has 4 nitrogen and oxygen atoms in total. The Kier molecular flexibility index (Phi) is 5.41. The van der Waals surface area contributed by atoms with E-state index >= 15 is 0 Å². The Labute approximate surface area is 128 Å². The van der Waals surface area contributed by atoms with Gasteiger partial charge in [0.25, 0.3) is 0 Å². The average molecular weight is 305 g/mol. The Hall–Kier alpha value is -2.50. The van der Waals surface area contributed by atoms with Gasteiger partial charge < -0.3 is 9.64 Å². The van der Waals surface area contributed by atoms with Gasteiger partial charge in [-0.2, -0.15) is 0 Å². The molecule has 6 heteroatoms. The highest BCUT2D eigenvalue weighted by Crippen LogP contribution is 2.24. The minimum absolute atomic E-state index is 0.0342. The van der Waals surface area contributed by atoms with Crippen LogP contribution in [0, 0.1) is 11.6 Å². The fraction of sp³-hybridized carbons (Fsp3) is 0.250. The molecule has 0 saturated heterocycles. The van der Waals surface area contributed by atoms with Crippen LogP contribution in [0.15, 0.2) is 41.5 Å². The van der Waals surface area contributed by atoms with E-state index in [1.54, 1.807) is 24.7 Å². The van der Waals surface area contributed by atoms with E-state index in [1.165, 1.54) is 12.1 Å². The number of rotatable bonds is 6. The molecule has 0 aliphatic rings. The number of halogens is 2. The van der Waals surface area contributed by atoms with E-state index in [2.05, 4.69) is 9.98 Å². The lowest BCUT2D eigenvalue weighted by Gasteiger charge is -2.10. The summed E-state index contributed by atoms with van der Waals surface area (Å²) in [7, 11) is 1.89. The summed E-state index contributed by atoms with van der Waals surface area (Å²) in [6.07, 6.45) is 3.25. The van der Waals surface area contributed by atoms with Gasteiger partial charge >= 0.3 is 0 Å². The summed E-state index contributed by atoms with van der Waals surface area (Å²) in [6, 6.07) is 6.70. The third kappa shape index (κ3) is 4.51. The van der Waals surface area contributed by atoms with Gasteiger partial charge in [-0.15, -0.1) is 0 Å². The highest BCUT2D eigenvalue weighted by Gasteiger charge is 2.05. The Bertz CT molecular complexity index is 641. The predicted octanol–water partition coefficient (Wildman–Crippen LogP) is 3.55. The van der Waals surface area contributed by atoms with Gasteiger partial charge in [0.2, 0.25) is 0 Å². The summed E-state index contributed by atoms with van der Waals surface area (Å²) in [5.41, 5.74) is 0.405. The molecule has 0 atom stereocenters. The van der Waals surface area contributed by atoms with Gasteiger partial charge in [0.05, 0.1) is 6.34 Å². The average Bonchev–Trinajstić information content (AvgIpc) is 2.50. The monoisotopic (exact) mass is 305 g/mol. The second-order valence-corrected chi connectivity index (χ2v) is 4.71. The van der Waals surface area contributed by atoms with Gasteiger partial charge in [-0.05, 0) is 36.8 Å². The van der Waals surface area contributed by atoms with Crippen LogP contribution in [0.4, 0.5) is 14.6 Å². The largest absolute Gasteiger partial charge is 0.485 e. The summed E-state index contributed by atoms with van der Waals surface area (Å²) in [6.45, 7) is 2.85. The van der Waals surface area contributed by atoms with Gasteiger partial charge in [0, 0.05) is 25.9 Å². The van der Waals surface area contributed by atoms with Crippen LogP contribution in [0.5, 0.6) is 5.75 Å². The standard InChI is InChI=1S/C16H17F2N3O/c1-3-21(2)11-20-16-15(5-4-6-19-16)22-10-12-7-13(17)9-14(18)8-12/h4-9,11H,3,10H2,1-2H3. The fourth-order valence-electron chi connectivity index (χ4n) is 1.68. The topological polar surface area (TPSA) is 37.7 Å². The molecule has 0 bridgehead atoms. The smallest absolute Gasteiger partial charge is 0.196 e. The van der Waals surface area contributed by atoms with Gasteiger partial charge in [-0.1, -0.05) is 0 Å². The Morgan fingerprint density at radius 1 is 1.27 bits per heavy atom. The van der Waals surface area contributed by atoms with E-state index in [0.29, 0.717) is 17.1 Å².